The number of aliphatic hydroxyl groups is 1. The lowest BCUT2D eigenvalue weighted by Gasteiger charge is -2.23. The smallest absolute Gasteiger partial charge is 0.248 e. The molecule has 4 N–H and O–H groups in total. The average Bonchev–Trinajstić information content (AvgIpc) is 3.32. The number of primary amides is 1. The maximum absolute atomic E-state index is 14.9. The van der Waals surface area contributed by atoms with E-state index >= 15 is 0 Å². The zero-order valence-electron chi connectivity index (χ0n) is 18.8. The molecule has 0 saturated heterocycles. The van der Waals surface area contributed by atoms with Crippen LogP contribution in [0.3, 0.4) is 0 Å². The van der Waals surface area contributed by atoms with E-state index in [-0.39, 0.29) is 11.1 Å². The highest BCUT2D eigenvalue weighted by Gasteiger charge is 2.25. The van der Waals surface area contributed by atoms with Gasteiger partial charge in [0.2, 0.25) is 5.91 Å². The van der Waals surface area contributed by atoms with E-state index in [2.05, 4.69) is 21.9 Å². The number of furan rings is 1. The molecule has 174 valence electrons. The highest BCUT2D eigenvalue weighted by molar-refractivity contribution is 6.19. The van der Waals surface area contributed by atoms with Gasteiger partial charge < -0.3 is 25.3 Å². The number of nitrogens with zero attached hydrogens (tertiary/aromatic N) is 2. The maximum atomic E-state index is 14.9. The monoisotopic (exact) mass is 462 g/mol. The van der Waals surface area contributed by atoms with Crippen LogP contribution in [0, 0.1) is 5.82 Å². The Morgan fingerprint density at radius 1 is 1.26 bits per heavy atom. The van der Waals surface area contributed by atoms with E-state index in [0.717, 1.165) is 0 Å². The molecule has 2 aromatic heterocycles. The van der Waals surface area contributed by atoms with Crippen molar-refractivity contribution >= 4 is 33.9 Å². The number of hydrogen-bond donors (Lipinski definition) is 3. The molecule has 2 heterocycles. The third-order valence-corrected chi connectivity index (χ3v) is 5.39. The summed E-state index contributed by atoms with van der Waals surface area (Å²) < 4.78 is 25.7. The van der Waals surface area contributed by atoms with Crippen molar-refractivity contribution in [1.29, 1.82) is 0 Å². The van der Waals surface area contributed by atoms with Crippen LogP contribution in [-0.2, 0) is 10.4 Å². The molecule has 34 heavy (non-hydrogen) atoms. The van der Waals surface area contributed by atoms with Gasteiger partial charge in [-0.15, -0.1) is 0 Å². The number of nitrogens with one attached hydrogen (secondary N) is 1. The molecule has 0 atom stereocenters. The van der Waals surface area contributed by atoms with Crippen molar-refractivity contribution in [2.45, 2.75) is 19.4 Å². The fourth-order valence-electron chi connectivity index (χ4n) is 3.65. The zero-order chi connectivity index (χ0) is 24.6. The van der Waals surface area contributed by atoms with Crippen molar-refractivity contribution in [2.75, 3.05) is 12.4 Å². The molecule has 0 radical (unpaired) electrons. The lowest BCUT2D eigenvalue weighted by molar-refractivity contribution is -0.112. The van der Waals surface area contributed by atoms with E-state index in [4.69, 9.17) is 14.9 Å². The summed E-state index contributed by atoms with van der Waals surface area (Å²) in [7, 11) is 1.46. The van der Waals surface area contributed by atoms with Crippen LogP contribution >= 0.6 is 0 Å². The van der Waals surface area contributed by atoms with Gasteiger partial charge in [-0.3, -0.25) is 4.79 Å². The minimum Gasteiger partial charge on any atom is -0.496 e. The lowest BCUT2D eigenvalue weighted by Crippen LogP contribution is -2.18. The molecule has 0 fully saturated rings. The number of amides is 1. The summed E-state index contributed by atoms with van der Waals surface area (Å²) in [6.07, 6.45) is 2.80. The number of benzene rings is 2. The van der Waals surface area contributed by atoms with Crippen LogP contribution in [0.15, 0.2) is 60.0 Å². The number of ether oxygens (including phenoxy) is 1. The second-order valence-electron chi connectivity index (χ2n) is 8.17. The molecule has 4 aromatic rings. The fourth-order valence-corrected chi connectivity index (χ4v) is 3.65. The molecule has 2 aromatic carbocycles. The second kappa shape index (κ2) is 8.60. The Hall–Kier alpha value is -4.24. The third kappa shape index (κ3) is 4.20. The summed E-state index contributed by atoms with van der Waals surface area (Å²) in [4.78, 5) is 20.4. The Morgan fingerprint density at radius 2 is 2.03 bits per heavy atom. The standard InChI is InChI=1S/C25H23FN4O4/c1-13(23(27)31)14-8-16-19(11-22(14)33-4)28-12-29-24(16)30-20-9-15(21-6-5-7-34-21)18(26)10-17(20)25(2,3)32/h5-12,32H,1H2,2-4H3,(H2,27,31)(H,28,29,30). The summed E-state index contributed by atoms with van der Waals surface area (Å²) in [6, 6.07) is 9.38. The van der Waals surface area contributed by atoms with Crippen LogP contribution < -0.4 is 15.8 Å². The quantitative estimate of drug-likeness (QED) is 0.345. The van der Waals surface area contributed by atoms with Crippen LogP contribution in [0.2, 0.25) is 0 Å². The second-order valence-corrected chi connectivity index (χ2v) is 8.17. The SMILES string of the molecule is C=C(C(N)=O)c1cc2c(Nc3cc(-c4ccco4)c(F)cc3C(C)(C)O)ncnc2cc1OC. The van der Waals surface area contributed by atoms with Gasteiger partial charge in [0.05, 0.1) is 30.1 Å². The molecule has 0 aliphatic carbocycles. The zero-order valence-corrected chi connectivity index (χ0v) is 18.8. The summed E-state index contributed by atoms with van der Waals surface area (Å²) in [5.41, 5.74) is 5.96. The van der Waals surface area contributed by atoms with Gasteiger partial charge in [-0.1, -0.05) is 6.58 Å². The molecule has 1 amide bonds. The predicted molar refractivity (Wildman–Crippen MR) is 127 cm³/mol. The number of carbonyl (C=O) groups excluding carboxylic acids is 1. The van der Waals surface area contributed by atoms with E-state index in [9.17, 15) is 14.3 Å². The van der Waals surface area contributed by atoms with Gasteiger partial charge in [0.15, 0.2) is 0 Å². The number of anilines is 2. The molecule has 0 unspecified atom stereocenters. The Balaban J connectivity index is 1.91. The number of nitrogens with two attached hydrogens (primary N) is 1. The molecule has 8 nitrogen and oxygen atoms in total. The first-order valence-corrected chi connectivity index (χ1v) is 10.3. The predicted octanol–water partition coefficient (Wildman–Crippen LogP) is 4.51. The van der Waals surface area contributed by atoms with Gasteiger partial charge in [0, 0.05) is 33.8 Å². The van der Waals surface area contributed by atoms with Gasteiger partial charge in [0.1, 0.15) is 29.5 Å². The number of rotatable bonds is 7. The minimum absolute atomic E-state index is 0.0626. The highest BCUT2D eigenvalue weighted by Crippen LogP contribution is 2.38. The molecule has 0 aliphatic heterocycles. The van der Waals surface area contributed by atoms with Crippen LogP contribution in [0.25, 0.3) is 27.8 Å². The molecule has 0 saturated carbocycles. The van der Waals surface area contributed by atoms with Gasteiger partial charge in [-0.2, -0.15) is 0 Å². The van der Waals surface area contributed by atoms with Crippen LogP contribution in [-0.4, -0.2) is 28.1 Å². The van der Waals surface area contributed by atoms with E-state index in [1.54, 1.807) is 44.2 Å². The first kappa shape index (κ1) is 22.9. The van der Waals surface area contributed by atoms with Crippen LogP contribution in [0.4, 0.5) is 15.9 Å². The van der Waals surface area contributed by atoms with Gasteiger partial charge >= 0.3 is 0 Å². The van der Waals surface area contributed by atoms with Gasteiger partial charge in [-0.25, -0.2) is 14.4 Å². The van der Waals surface area contributed by atoms with Gasteiger partial charge in [-0.05, 0) is 44.2 Å². The molecular weight excluding hydrogens is 439 g/mol. The largest absolute Gasteiger partial charge is 0.496 e. The summed E-state index contributed by atoms with van der Waals surface area (Å²) in [5.74, 6) is -0.182. The maximum Gasteiger partial charge on any atom is 0.248 e. The number of aromatic nitrogens is 2. The summed E-state index contributed by atoms with van der Waals surface area (Å²) in [6.45, 7) is 6.85. The molecule has 4 rings (SSSR count). The highest BCUT2D eigenvalue weighted by atomic mass is 19.1. The number of methoxy groups -OCH3 is 1. The third-order valence-electron chi connectivity index (χ3n) is 5.39. The lowest BCUT2D eigenvalue weighted by atomic mass is 9.94. The Kier molecular flexibility index (Phi) is 5.80. The Labute approximate surface area is 194 Å². The molecule has 0 bridgehead atoms. The Bertz CT molecular complexity index is 1410. The number of halogens is 1. The van der Waals surface area contributed by atoms with Crippen molar-refractivity contribution in [3.05, 3.63) is 72.5 Å². The first-order valence-electron chi connectivity index (χ1n) is 10.3. The van der Waals surface area contributed by atoms with E-state index in [1.165, 1.54) is 25.8 Å². The van der Waals surface area contributed by atoms with Crippen molar-refractivity contribution in [3.63, 3.8) is 0 Å². The summed E-state index contributed by atoms with van der Waals surface area (Å²) >= 11 is 0. The normalized spacial score (nSPS) is 11.4. The molecular formula is C25H23FN4O4. The fraction of sp³-hybridized carbons (Fsp3) is 0.160. The van der Waals surface area contributed by atoms with Crippen molar-refractivity contribution < 1.29 is 23.4 Å². The van der Waals surface area contributed by atoms with E-state index in [1.807, 2.05) is 0 Å². The topological polar surface area (TPSA) is 124 Å². The minimum atomic E-state index is -1.37. The molecule has 0 spiro atoms. The van der Waals surface area contributed by atoms with Crippen molar-refractivity contribution in [1.82, 2.24) is 9.97 Å². The molecule has 0 aliphatic rings. The van der Waals surface area contributed by atoms with Crippen LogP contribution in [0.5, 0.6) is 5.75 Å². The van der Waals surface area contributed by atoms with Crippen molar-refractivity contribution in [2.24, 2.45) is 5.73 Å². The van der Waals surface area contributed by atoms with E-state index in [0.29, 0.717) is 45.0 Å². The van der Waals surface area contributed by atoms with Crippen molar-refractivity contribution in [3.8, 4) is 17.1 Å². The number of carbonyl (C=O) groups is 1. The number of fused-ring (bicyclic) bond motifs is 1. The average molecular weight is 462 g/mol. The van der Waals surface area contributed by atoms with Crippen LogP contribution in [0.1, 0.15) is 25.0 Å². The number of hydrogen-bond acceptors (Lipinski definition) is 7. The first-order chi connectivity index (χ1) is 16.1. The Morgan fingerprint density at radius 3 is 2.65 bits per heavy atom. The van der Waals surface area contributed by atoms with E-state index < -0.39 is 17.3 Å². The molecule has 9 heteroatoms. The summed E-state index contributed by atoms with van der Waals surface area (Å²) in [5, 5.41) is 14.4. The van der Waals surface area contributed by atoms with Gasteiger partial charge in [0.25, 0.3) is 0 Å².